The Morgan fingerprint density at radius 3 is 2.86 bits per heavy atom. The summed E-state index contributed by atoms with van der Waals surface area (Å²) in [6.07, 6.45) is 1.27. The van der Waals surface area contributed by atoms with Crippen molar-refractivity contribution in [2.24, 2.45) is 0 Å². The maximum Gasteiger partial charge on any atom is 0.185 e. The minimum atomic E-state index is -0.196. The summed E-state index contributed by atoms with van der Waals surface area (Å²) in [5.41, 5.74) is 0. The van der Waals surface area contributed by atoms with Gasteiger partial charge in [-0.3, -0.25) is 0 Å². The summed E-state index contributed by atoms with van der Waals surface area (Å²) < 4.78 is 0. The van der Waals surface area contributed by atoms with E-state index < -0.39 is 0 Å². The van der Waals surface area contributed by atoms with Crippen LogP contribution >= 0.6 is 22.9 Å². The van der Waals surface area contributed by atoms with Crippen molar-refractivity contribution >= 4 is 28.1 Å². The van der Waals surface area contributed by atoms with E-state index >= 15 is 0 Å². The summed E-state index contributed by atoms with van der Waals surface area (Å²) in [5, 5.41) is 21.7. The van der Waals surface area contributed by atoms with Crippen LogP contribution in [0.3, 0.4) is 0 Å². The number of nitrogens with zero attached hydrogens (tertiary/aromatic N) is 2. The van der Waals surface area contributed by atoms with Crippen molar-refractivity contribution in [2.75, 3.05) is 5.32 Å². The van der Waals surface area contributed by atoms with E-state index in [1.165, 1.54) is 11.3 Å². The molecule has 0 aliphatic heterocycles. The Morgan fingerprint density at radius 1 is 1.64 bits per heavy atom. The molecule has 0 spiro atoms. The molecule has 1 fully saturated rings. The zero-order valence-corrected chi connectivity index (χ0v) is 8.77. The molecule has 1 saturated carbocycles. The zero-order chi connectivity index (χ0) is 10.1. The molecule has 2 N–H and O–H groups in total. The molecule has 0 aromatic carbocycles. The Bertz CT molecular complexity index is 380. The molecular formula is C8H8ClN3OS. The maximum absolute atomic E-state index is 9.07. The highest BCUT2D eigenvalue weighted by Crippen LogP contribution is 2.30. The second-order valence-electron chi connectivity index (χ2n) is 3.22. The van der Waals surface area contributed by atoms with Gasteiger partial charge >= 0.3 is 0 Å². The highest BCUT2D eigenvalue weighted by Gasteiger charge is 2.27. The van der Waals surface area contributed by atoms with Crippen LogP contribution in [0.5, 0.6) is 0 Å². The molecule has 1 aromatic rings. The van der Waals surface area contributed by atoms with Crippen molar-refractivity contribution in [3.8, 4) is 6.07 Å². The second-order valence-corrected chi connectivity index (χ2v) is 4.57. The largest absolute Gasteiger partial charge is 0.393 e. The molecule has 1 aromatic heterocycles. The van der Waals surface area contributed by atoms with Gasteiger partial charge in [-0.1, -0.05) is 22.9 Å². The molecule has 0 atom stereocenters. The first kappa shape index (κ1) is 9.71. The van der Waals surface area contributed by atoms with Gasteiger partial charge in [-0.2, -0.15) is 5.26 Å². The van der Waals surface area contributed by atoms with E-state index in [9.17, 15) is 0 Å². The molecule has 0 unspecified atom stereocenters. The van der Waals surface area contributed by atoms with Gasteiger partial charge in [-0.25, -0.2) is 4.98 Å². The van der Waals surface area contributed by atoms with Crippen molar-refractivity contribution in [3.05, 3.63) is 10.0 Å². The summed E-state index contributed by atoms with van der Waals surface area (Å²) in [5.74, 6) is 0. The van der Waals surface area contributed by atoms with Crippen LogP contribution < -0.4 is 5.32 Å². The lowest BCUT2D eigenvalue weighted by Crippen LogP contribution is -2.38. The number of halogens is 1. The zero-order valence-electron chi connectivity index (χ0n) is 7.20. The van der Waals surface area contributed by atoms with Crippen molar-refractivity contribution in [2.45, 2.75) is 25.0 Å². The molecule has 0 bridgehead atoms. The SMILES string of the molecule is N#Cc1sc(NC2CC(O)C2)nc1Cl. The van der Waals surface area contributed by atoms with Crippen LogP contribution in [0.2, 0.25) is 5.15 Å². The van der Waals surface area contributed by atoms with Gasteiger partial charge in [-0.15, -0.1) is 0 Å². The third kappa shape index (κ3) is 1.82. The predicted molar refractivity (Wildman–Crippen MR) is 54.5 cm³/mol. The lowest BCUT2D eigenvalue weighted by molar-refractivity contribution is 0.0836. The molecule has 74 valence electrons. The van der Waals surface area contributed by atoms with Crippen molar-refractivity contribution in [1.82, 2.24) is 4.98 Å². The van der Waals surface area contributed by atoms with E-state index in [2.05, 4.69) is 10.3 Å². The van der Waals surface area contributed by atoms with Crippen LogP contribution in [0.1, 0.15) is 17.7 Å². The standard InChI is InChI=1S/C8H8ClN3OS/c9-7-6(3-10)14-8(12-7)11-4-1-5(13)2-4/h4-5,13H,1-2H2,(H,11,12). The molecule has 4 nitrogen and oxygen atoms in total. The topological polar surface area (TPSA) is 68.9 Å². The fraction of sp³-hybridized carbons (Fsp3) is 0.500. The highest BCUT2D eigenvalue weighted by atomic mass is 35.5. The summed E-state index contributed by atoms with van der Waals surface area (Å²) in [7, 11) is 0. The summed E-state index contributed by atoms with van der Waals surface area (Å²) in [6.45, 7) is 0. The lowest BCUT2D eigenvalue weighted by Gasteiger charge is -2.31. The molecule has 0 amide bonds. The average molecular weight is 230 g/mol. The number of nitrogens with one attached hydrogen (secondary N) is 1. The minimum absolute atomic E-state index is 0.196. The van der Waals surface area contributed by atoms with Gasteiger partial charge in [0.2, 0.25) is 0 Å². The second kappa shape index (κ2) is 3.73. The number of nitriles is 1. The molecule has 14 heavy (non-hydrogen) atoms. The van der Waals surface area contributed by atoms with Crippen molar-refractivity contribution in [3.63, 3.8) is 0 Å². The first-order valence-electron chi connectivity index (χ1n) is 4.20. The van der Waals surface area contributed by atoms with E-state index in [0.29, 0.717) is 10.0 Å². The molecule has 2 rings (SSSR count). The number of hydrogen-bond acceptors (Lipinski definition) is 5. The van der Waals surface area contributed by atoms with Crippen LogP contribution in [0.4, 0.5) is 5.13 Å². The van der Waals surface area contributed by atoms with Gasteiger partial charge in [0.15, 0.2) is 10.3 Å². The first-order valence-corrected chi connectivity index (χ1v) is 5.39. The normalized spacial score (nSPS) is 25.2. The Labute approximate surface area is 90.2 Å². The smallest absolute Gasteiger partial charge is 0.185 e. The Hall–Kier alpha value is -0.830. The van der Waals surface area contributed by atoms with Crippen molar-refractivity contribution < 1.29 is 5.11 Å². The van der Waals surface area contributed by atoms with Gasteiger partial charge < -0.3 is 10.4 Å². The fourth-order valence-corrected chi connectivity index (χ4v) is 2.34. The maximum atomic E-state index is 9.07. The molecule has 0 radical (unpaired) electrons. The van der Waals surface area contributed by atoms with Crippen LogP contribution in [0.15, 0.2) is 0 Å². The number of aromatic nitrogens is 1. The monoisotopic (exact) mass is 229 g/mol. The third-order valence-electron chi connectivity index (χ3n) is 2.13. The molecular weight excluding hydrogens is 222 g/mol. The number of aliphatic hydroxyl groups is 1. The number of thiazole rings is 1. The van der Waals surface area contributed by atoms with Crippen LogP contribution in [0.25, 0.3) is 0 Å². The summed E-state index contributed by atoms with van der Waals surface area (Å²) >= 11 is 6.95. The number of rotatable bonds is 2. The van der Waals surface area contributed by atoms with Gasteiger partial charge in [0.05, 0.1) is 6.10 Å². The molecule has 1 heterocycles. The van der Waals surface area contributed by atoms with Gasteiger partial charge in [-0.05, 0) is 12.8 Å². The van der Waals surface area contributed by atoms with Gasteiger partial charge in [0.1, 0.15) is 10.9 Å². The van der Waals surface area contributed by atoms with E-state index in [0.717, 1.165) is 12.8 Å². The van der Waals surface area contributed by atoms with Crippen molar-refractivity contribution in [1.29, 1.82) is 5.26 Å². The Balaban J connectivity index is 2.00. The first-order chi connectivity index (χ1) is 6.69. The fourth-order valence-electron chi connectivity index (χ4n) is 1.31. The highest BCUT2D eigenvalue weighted by molar-refractivity contribution is 7.16. The van der Waals surface area contributed by atoms with Gasteiger partial charge in [0.25, 0.3) is 0 Å². The average Bonchev–Trinajstić information content (AvgIpc) is 2.43. The van der Waals surface area contributed by atoms with E-state index in [1.807, 2.05) is 6.07 Å². The molecule has 1 aliphatic carbocycles. The number of aliphatic hydroxyl groups excluding tert-OH is 1. The van der Waals surface area contributed by atoms with E-state index in [4.69, 9.17) is 22.0 Å². The quantitative estimate of drug-likeness (QED) is 0.809. The minimum Gasteiger partial charge on any atom is -0.393 e. The van der Waals surface area contributed by atoms with Crippen LogP contribution in [-0.2, 0) is 0 Å². The van der Waals surface area contributed by atoms with Crippen LogP contribution in [0, 0.1) is 11.3 Å². The number of hydrogen-bond donors (Lipinski definition) is 2. The van der Waals surface area contributed by atoms with E-state index in [-0.39, 0.29) is 17.3 Å². The van der Waals surface area contributed by atoms with Gasteiger partial charge in [0, 0.05) is 6.04 Å². The summed E-state index contributed by atoms with van der Waals surface area (Å²) in [4.78, 5) is 4.42. The lowest BCUT2D eigenvalue weighted by atomic mass is 9.90. The number of anilines is 1. The molecule has 0 saturated heterocycles. The molecule has 1 aliphatic rings. The van der Waals surface area contributed by atoms with E-state index in [1.54, 1.807) is 0 Å². The Morgan fingerprint density at radius 2 is 2.36 bits per heavy atom. The predicted octanol–water partition coefficient (Wildman–Crippen LogP) is 1.60. The Kier molecular flexibility index (Phi) is 2.59. The van der Waals surface area contributed by atoms with Crippen LogP contribution in [-0.4, -0.2) is 22.2 Å². The third-order valence-corrected chi connectivity index (χ3v) is 3.40. The molecule has 6 heteroatoms. The summed E-state index contributed by atoms with van der Waals surface area (Å²) in [6, 6.07) is 2.23.